The van der Waals surface area contributed by atoms with Gasteiger partial charge >= 0.3 is 0 Å². The SMILES string of the molecule is CC(C)(C)c1cc(NC(=O)c2ccc(Br)s2)n(-c2ccccn2)n1. The first-order chi connectivity index (χ1) is 11.3. The maximum absolute atomic E-state index is 12.5. The fourth-order valence-corrected chi connectivity index (χ4v) is 3.39. The maximum atomic E-state index is 12.5. The lowest BCUT2D eigenvalue weighted by Gasteiger charge is -2.13. The number of amides is 1. The summed E-state index contributed by atoms with van der Waals surface area (Å²) in [4.78, 5) is 17.5. The lowest BCUT2D eigenvalue weighted by atomic mass is 9.92. The van der Waals surface area contributed by atoms with Crippen LogP contribution in [-0.4, -0.2) is 20.7 Å². The van der Waals surface area contributed by atoms with E-state index in [4.69, 9.17) is 0 Å². The Labute approximate surface area is 152 Å². The molecule has 1 amide bonds. The largest absolute Gasteiger partial charge is 0.306 e. The third-order valence-corrected chi connectivity index (χ3v) is 5.01. The van der Waals surface area contributed by atoms with Gasteiger partial charge < -0.3 is 5.32 Å². The molecule has 1 N–H and O–H groups in total. The first-order valence-corrected chi connectivity index (χ1v) is 9.04. The molecule has 0 aliphatic heterocycles. The molecule has 3 heterocycles. The number of nitrogens with one attached hydrogen (secondary N) is 1. The molecule has 7 heteroatoms. The van der Waals surface area contributed by atoms with Gasteiger partial charge in [-0.15, -0.1) is 11.3 Å². The quantitative estimate of drug-likeness (QED) is 0.691. The average molecular weight is 405 g/mol. The summed E-state index contributed by atoms with van der Waals surface area (Å²) in [7, 11) is 0. The summed E-state index contributed by atoms with van der Waals surface area (Å²) < 4.78 is 2.59. The minimum atomic E-state index is -0.164. The van der Waals surface area contributed by atoms with Crippen LogP contribution in [-0.2, 0) is 5.41 Å². The van der Waals surface area contributed by atoms with Crippen molar-refractivity contribution >= 4 is 39.0 Å². The van der Waals surface area contributed by atoms with Gasteiger partial charge in [-0.2, -0.15) is 9.78 Å². The number of pyridine rings is 1. The Bertz CT molecular complexity index is 864. The van der Waals surface area contributed by atoms with Crippen LogP contribution in [0.15, 0.2) is 46.4 Å². The highest BCUT2D eigenvalue weighted by molar-refractivity contribution is 9.11. The minimum absolute atomic E-state index is 0.133. The Morgan fingerprint density at radius 2 is 2.04 bits per heavy atom. The van der Waals surface area contributed by atoms with E-state index >= 15 is 0 Å². The summed E-state index contributed by atoms with van der Waals surface area (Å²) in [6.45, 7) is 6.25. The maximum Gasteiger partial charge on any atom is 0.266 e. The summed E-state index contributed by atoms with van der Waals surface area (Å²) in [6, 6.07) is 11.1. The van der Waals surface area contributed by atoms with E-state index in [0.717, 1.165) is 9.48 Å². The van der Waals surface area contributed by atoms with E-state index in [1.165, 1.54) is 11.3 Å². The summed E-state index contributed by atoms with van der Waals surface area (Å²) in [6.07, 6.45) is 1.70. The molecule has 0 bridgehead atoms. The minimum Gasteiger partial charge on any atom is -0.306 e. The van der Waals surface area contributed by atoms with Gasteiger partial charge in [0.05, 0.1) is 14.4 Å². The van der Waals surface area contributed by atoms with E-state index in [-0.39, 0.29) is 11.3 Å². The van der Waals surface area contributed by atoms with Crippen LogP contribution < -0.4 is 5.32 Å². The second-order valence-electron chi connectivity index (χ2n) is 6.32. The number of hydrogen-bond donors (Lipinski definition) is 1. The van der Waals surface area contributed by atoms with Crippen molar-refractivity contribution in [2.45, 2.75) is 26.2 Å². The van der Waals surface area contributed by atoms with Crippen molar-refractivity contribution in [2.24, 2.45) is 0 Å². The van der Waals surface area contributed by atoms with Crippen LogP contribution in [0.4, 0.5) is 5.82 Å². The van der Waals surface area contributed by atoms with Crippen LogP contribution in [0.5, 0.6) is 0 Å². The summed E-state index contributed by atoms with van der Waals surface area (Å²) >= 11 is 4.77. The molecule has 0 radical (unpaired) electrons. The standard InChI is InChI=1S/C17H17BrN4OS/c1-17(2,3)12-10-15(20-16(23)11-7-8-13(18)24-11)22(21-12)14-6-4-5-9-19-14/h4-10H,1-3H3,(H,20,23). The summed E-state index contributed by atoms with van der Waals surface area (Å²) in [5.41, 5.74) is 0.752. The molecule has 0 saturated heterocycles. The van der Waals surface area contributed by atoms with Gasteiger partial charge in [-0.25, -0.2) is 4.98 Å². The van der Waals surface area contributed by atoms with Crippen LogP contribution in [0, 0.1) is 0 Å². The van der Waals surface area contributed by atoms with Crippen molar-refractivity contribution in [2.75, 3.05) is 5.32 Å². The second kappa shape index (κ2) is 6.49. The van der Waals surface area contributed by atoms with Crippen LogP contribution in [0.25, 0.3) is 5.82 Å². The van der Waals surface area contributed by atoms with E-state index in [1.807, 2.05) is 30.3 Å². The normalized spacial score (nSPS) is 11.5. The molecule has 0 atom stereocenters. The number of aromatic nitrogens is 3. The number of anilines is 1. The lowest BCUT2D eigenvalue weighted by Crippen LogP contribution is -2.14. The molecule has 0 aromatic carbocycles. The predicted octanol–water partition coefficient (Wildman–Crippen LogP) is 4.64. The highest BCUT2D eigenvalue weighted by Crippen LogP contribution is 2.27. The molecule has 0 unspecified atom stereocenters. The van der Waals surface area contributed by atoms with E-state index in [2.05, 4.69) is 52.1 Å². The number of hydrogen-bond acceptors (Lipinski definition) is 4. The zero-order chi connectivity index (χ0) is 17.3. The molecular weight excluding hydrogens is 388 g/mol. The van der Waals surface area contributed by atoms with Crippen molar-refractivity contribution in [1.82, 2.24) is 14.8 Å². The van der Waals surface area contributed by atoms with Gasteiger partial charge in [0.2, 0.25) is 0 Å². The summed E-state index contributed by atoms with van der Waals surface area (Å²) in [5.74, 6) is 1.10. The molecule has 5 nitrogen and oxygen atoms in total. The van der Waals surface area contributed by atoms with Gasteiger partial charge in [-0.1, -0.05) is 26.8 Å². The van der Waals surface area contributed by atoms with Gasteiger partial charge in [0.15, 0.2) is 5.82 Å². The number of halogens is 1. The number of rotatable bonds is 3. The van der Waals surface area contributed by atoms with E-state index in [1.54, 1.807) is 16.9 Å². The number of thiophene rings is 1. The van der Waals surface area contributed by atoms with Crippen molar-refractivity contribution in [1.29, 1.82) is 0 Å². The van der Waals surface area contributed by atoms with Crippen LogP contribution in [0.1, 0.15) is 36.1 Å². The first-order valence-electron chi connectivity index (χ1n) is 7.43. The highest BCUT2D eigenvalue weighted by atomic mass is 79.9. The Hall–Kier alpha value is -1.99. The van der Waals surface area contributed by atoms with Crippen molar-refractivity contribution < 1.29 is 4.79 Å². The molecule has 0 fully saturated rings. The molecule has 24 heavy (non-hydrogen) atoms. The van der Waals surface area contributed by atoms with Gasteiger partial charge in [0.1, 0.15) is 5.82 Å². The molecular formula is C17H17BrN4OS. The molecule has 0 saturated carbocycles. The number of carbonyl (C=O) groups is 1. The van der Waals surface area contributed by atoms with Crippen molar-refractivity contribution in [3.8, 4) is 5.82 Å². The van der Waals surface area contributed by atoms with Gasteiger partial charge in [-0.05, 0) is 40.2 Å². The van der Waals surface area contributed by atoms with E-state index in [0.29, 0.717) is 16.5 Å². The molecule has 0 spiro atoms. The Morgan fingerprint density at radius 1 is 1.25 bits per heavy atom. The molecule has 3 rings (SSSR count). The topological polar surface area (TPSA) is 59.8 Å². The van der Waals surface area contributed by atoms with Crippen LogP contribution >= 0.6 is 27.3 Å². The van der Waals surface area contributed by atoms with Crippen LogP contribution in [0.3, 0.4) is 0 Å². The smallest absolute Gasteiger partial charge is 0.266 e. The molecule has 0 aliphatic carbocycles. The van der Waals surface area contributed by atoms with Crippen LogP contribution in [0.2, 0.25) is 0 Å². The highest BCUT2D eigenvalue weighted by Gasteiger charge is 2.22. The summed E-state index contributed by atoms with van der Waals surface area (Å²) in [5, 5.41) is 7.58. The van der Waals surface area contributed by atoms with Gasteiger partial charge in [-0.3, -0.25) is 4.79 Å². The zero-order valence-corrected chi connectivity index (χ0v) is 16.0. The molecule has 3 aromatic heterocycles. The number of nitrogens with zero attached hydrogens (tertiary/aromatic N) is 3. The van der Waals surface area contributed by atoms with E-state index in [9.17, 15) is 4.79 Å². The van der Waals surface area contributed by atoms with Gasteiger partial charge in [0.25, 0.3) is 5.91 Å². The average Bonchev–Trinajstić information content (AvgIpc) is 3.14. The Balaban J connectivity index is 1.99. The molecule has 0 aliphatic rings. The monoisotopic (exact) mass is 404 g/mol. The Morgan fingerprint density at radius 3 is 2.62 bits per heavy atom. The van der Waals surface area contributed by atoms with Gasteiger partial charge in [0, 0.05) is 17.7 Å². The molecule has 3 aromatic rings. The first kappa shape index (κ1) is 16.9. The lowest BCUT2D eigenvalue weighted by molar-refractivity contribution is 0.103. The number of carbonyl (C=O) groups excluding carboxylic acids is 1. The van der Waals surface area contributed by atoms with E-state index < -0.39 is 0 Å². The third-order valence-electron chi connectivity index (χ3n) is 3.38. The fraction of sp³-hybridized carbons (Fsp3) is 0.235. The molecule has 124 valence electrons. The second-order valence-corrected chi connectivity index (χ2v) is 8.79. The van der Waals surface area contributed by atoms with Crippen molar-refractivity contribution in [3.05, 3.63) is 57.0 Å². The predicted molar refractivity (Wildman–Crippen MR) is 100 cm³/mol. The van der Waals surface area contributed by atoms with Crippen molar-refractivity contribution in [3.63, 3.8) is 0 Å². The fourth-order valence-electron chi connectivity index (χ4n) is 2.10. The zero-order valence-electron chi connectivity index (χ0n) is 13.6. The Kier molecular flexibility index (Phi) is 4.56. The third kappa shape index (κ3) is 3.57.